The van der Waals surface area contributed by atoms with E-state index in [2.05, 4.69) is 4.98 Å². The van der Waals surface area contributed by atoms with Crippen molar-refractivity contribution in [1.82, 2.24) is 4.98 Å². The first kappa shape index (κ1) is 11.8. The van der Waals surface area contributed by atoms with Gasteiger partial charge in [-0.25, -0.2) is 9.37 Å². The predicted octanol–water partition coefficient (Wildman–Crippen LogP) is 1.69. The number of amides is 1. The van der Waals surface area contributed by atoms with Crippen LogP contribution in [0.25, 0.3) is 0 Å². The number of hydrogen-bond donors (Lipinski definition) is 2. The number of hydrogen-bond acceptors (Lipinski definition) is 4. The number of halogens is 1. The van der Waals surface area contributed by atoms with Crippen LogP contribution in [0, 0.1) is 5.82 Å². The minimum Gasteiger partial charge on any atom is -0.436 e. The molecule has 0 aliphatic rings. The van der Waals surface area contributed by atoms with Crippen molar-refractivity contribution in [2.24, 2.45) is 5.73 Å². The highest BCUT2D eigenvalue weighted by molar-refractivity contribution is 5.96. The fourth-order valence-electron chi connectivity index (χ4n) is 1.42. The number of carbonyl (C=O) groups excluding carboxylic acids is 1. The number of nitrogen functional groups attached to an aromatic ring is 1. The molecule has 0 bridgehead atoms. The molecule has 0 spiro atoms. The molecule has 1 amide bonds. The summed E-state index contributed by atoms with van der Waals surface area (Å²) >= 11 is 0. The maximum atomic E-state index is 13.5. The van der Waals surface area contributed by atoms with Crippen molar-refractivity contribution >= 4 is 11.6 Å². The van der Waals surface area contributed by atoms with Gasteiger partial charge in [0.15, 0.2) is 0 Å². The number of rotatable bonds is 3. The zero-order valence-electron chi connectivity index (χ0n) is 9.26. The molecule has 0 fully saturated rings. The summed E-state index contributed by atoms with van der Waals surface area (Å²) in [6.07, 6.45) is 1.47. The molecule has 0 aliphatic heterocycles. The van der Waals surface area contributed by atoms with Crippen LogP contribution in [0.15, 0.2) is 36.5 Å². The minimum atomic E-state index is -0.919. The third-order valence-electron chi connectivity index (χ3n) is 2.23. The molecule has 0 unspecified atom stereocenters. The number of ether oxygens (including phenoxy) is 1. The summed E-state index contributed by atoms with van der Waals surface area (Å²) in [5.41, 5.74) is 10.7. The summed E-state index contributed by atoms with van der Waals surface area (Å²) in [6.45, 7) is 0. The van der Waals surface area contributed by atoms with Crippen molar-refractivity contribution < 1.29 is 13.9 Å². The van der Waals surface area contributed by atoms with Crippen molar-refractivity contribution in [3.05, 3.63) is 47.9 Å². The summed E-state index contributed by atoms with van der Waals surface area (Å²) in [4.78, 5) is 15.1. The predicted molar refractivity (Wildman–Crippen MR) is 63.6 cm³/mol. The van der Waals surface area contributed by atoms with Crippen LogP contribution in [0.3, 0.4) is 0 Å². The Morgan fingerprint density at radius 3 is 2.72 bits per heavy atom. The number of anilines is 1. The van der Waals surface area contributed by atoms with Crippen LogP contribution in [0.1, 0.15) is 10.4 Å². The quantitative estimate of drug-likeness (QED) is 0.863. The second-order valence-corrected chi connectivity index (χ2v) is 3.48. The molecule has 1 aromatic carbocycles. The molecule has 18 heavy (non-hydrogen) atoms. The fourth-order valence-corrected chi connectivity index (χ4v) is 1.42. The van der Waals surface area contributed by atoms with Crippen LogP contribution in [-0.4, -0.2) is 10.9 Å². The zero-order chi connectivity index (χ0) is 13.1. The van der Waals surface area contributed by atoms with E-state index in [1.165, 1.54) is 18.3 Å². The number of nitrogens with two attached hydrogens (primary N) is 2. The van der Waals surface area contributed by atoms with E-state index in [0.717, 1.165) is 6.07 Å². The molecular formula is C12H10FN3O2. The van der Waals surface area contributed by atoms with Gasteiger partial charge in [-0.2, -0.15) is 0 Å². The highest BCUT2D eigenvalue weighted by Crippen LogP contribution is 2.28. The van der Waals surface area contributed by atoms with Gasteiger partial charge in [0.05, 0.1) is 5.69 Å². The van der Waals surface area contributed by atoms with Gasteiger partial charge in [-0.05, 0) is 24.3 Å². The minimum absolute atomic E-state index is 0.0205. The zero-order valence-corrected chi connectivity index (χ0v) is 9.26. The van der Waals surface area contributed by atoms with Gasteiger partial charge in [-0.15, -0.1) is 0 Å². The number of nitrogens with zero attached hydrogens (tertiary/aromatic N) is 1. The Kier molecular flexibility index (Phi) is 3.09. The van der Waals surface area contributed by atoms with Gasteiger partial charge < -0.3 is 16.2 Å². The van der Waals surface area contributed by atoms with Gasteiger partial charge in [0, 0.05) is 6.20 Å². The maximum absolute atomic E-state index is 13.5. The van der Waals surface area contributed by atoms with E-state index in [1.807, 2.05) is 0 Å². The molecule has 2 rings (SSSR count). The van der Waals surface area contributed by atoms with Crippen LogP contribution < -0.4 is 16.2 Å². The molecule has 5 nitrogen and oxygen atoms in total. The van der Waals surface area contributed by atoms with Gasteiger partial charge >= 0.3 is 0 Å². The molecule has 0 aliphatic carbocycles. The molecule has 1 aromatic heterocycles. The van der Waals surface area contributed by atoms with Crippen LogP contribution in [-0.2, 0) is 0 Å². The Labute approximate surface area is 102 Å². The second kappa shape index (κ2) is 4.70. The summed E-state index contributed by atoms with van der Waals surface area (Å²) in [5.74, 6) is -1.61. The Bertz CT molecular complexity index is 602. The normalized spacial score (nSPS) is 10.1. The average molecular weight is 247 g/mol. The number of primary amides is 1. The lowest BCUT2D eigenvalue weighted by atomic mass is 10.2. The van der Waals surface area contributed by atoms with E-state index in [1.54, 1.807) is 12.1 Å². The molecule has 2 aromatic rings. The molecular weight excluding hydrogens is 237 g/mol. The molecule has 1 heterocycles. The van der Waals surface area contributed by atoms with Crippen molar-refractivity contribution in [3.8, 4) is 11.6 Å². The average Bonchev–Trinajstić information content (AvgIpc) is 2.31. The lowest BCUT2D eigenvalue weighted by Gasteiger charge is -2.10. The van der Waals surface area contributed by atoms with E-state index in [0.29, 0.717) is 0 Å². The number of pyridine rings is 1. The van der Waals surface area contributed by atoms with Crippen LogP contribution in [0.5, 0.6) is 11.6 Å². The van der Waals surface area contributed by atoms with E-state index >= 15 is 0 Å². The monoisotopic (exact) mass is 247 g/mol. The largest absolute Gasteiger partial charge is 0.436 e. The van der Waals surface area contributed by atoms with E-state index in [4.69, 9.17) is 16.2 Å². The first-order chi connectivity index (χ1) is 8.59. The first-order valence-corrected chi connectivity index (χ1v) is 5.06. The van der Waals surface area contributed by atoms with Crippen LogP contribution >= 0.6 is 0 Å². The molecule has 92 valence electrons. The van der Waals surface area contributed by atoms with E-state index in [9.17, 15) is 9.18 Å². The maximum Gasteiger partial charge on any atom is 0.255 e. The molecule has 0 atom stereocenters. The number of benzene rings is 1. The highest BCUT2D eigenvalue weighted by atomic mass is 19.1. The summed E-state index contributed by atoms with van der Waals surface area (Å²) in [7, 11) is 0. The van der Waals surface area contributed by atoms with Gasteiger partial charge in [-0.1, -0.05) is 6.07 Å². The van der Waals surface area contributed by atoms with Crippen molar-refractivity contribution in [3.63, 3.8) is 0 Å². The standard InChI is InChI=1S/C12H10FN3O2/c13-7-3-1-5-9(10(7)11(15)17)18-12-8(14)4-2-6-16-12/h1-6H,14H2,(H2,15,17). The molecule has 0 saturated heterocycles. The smallest absolute Gasteiger partial charge is 0.255 e. The molecule has 0 radical (unpaired) electrons. The fraction of sp³-hybridized carbons (Fsp3) is 0. The van der Waals surface area contributed by atoms with Gasteiger partial charge in [0.1, 0.15) is 17.1 Å². The van der Waals surface area contributed by atoms with Gasteiger partial charge in [0.25, 0.3) is 5.91 Å². The lowest BCUT2D eigenvalue weighted by Crippen LogP contribution is -2.14. The topological polar surface area (TPSA) is 91.2 Å². The molecule has 6 heteroatoms. The Balaban J connectivity index is 2.44. The van der Waals surface area contributed by atoms with E-state index in [-0.39, 0.29) is 22.9 Å². The van der Waals surface area contributed by atoms with E-state index < -0.39 is 11.7 Å². The summed E-state index contributed by atoms with van der Waals surface area (Å²) < 4.78 is 18.8. The van der Waals surface area contributed by atoms with Crippen molar-refractivity contribution in [1.29, 1.82) is 0 Å². The summed E-state index contributed by atoms with van der Waals surface area (Å²) in [5, 5.41) is 0. The third kappa shape index (κ3) is 2.22. The van der Waals surface area contributed by atoms with Crippen LogP contribution in [0.2, 0.25) is 0 Å². The van der Waals surface area contributed by atoms with Crippen LogP contribution in [0.4, 0.5) is 10.1 Å². The second-order valence-electron chi connectivity index (χ2n) is 3.48. The third-order valence-corrected chi connectivity index (χ3v) is 2.23. The molecule has 4 N–H and O–H groups in total. The number of carbonyl (C=O) groups is 1. The summed E-state index contributed by atoms with van der Waals surface area (Å²) in [6, 6.07) is 7.14. The Morgan fingerprint density at radius 2 is 2.06 bits per heavy atom. The van der Waals surface area contributed by atoms with Gasteiger partial charge in [-0.3, -0.25) is 4.79 Å². The molecule has 0 saturated carbocycles. The Morgan fingerprint density at radius 1 is 1.28 bits per heavy atom. The SMILES string of the molecule is NC(=O)c1c(F)cccc1Oc1ncccc1N. The van der Waals surface area contributed by atoms with Gasteiger partial charge in [0.2, 0.25) is 5.88 Å². The van der Waals surface area contributed by atoms with Crippen molar-refractivity contribution in [2.45, 2.75) is 0 Å². The Hall–Kier alpha value is -2.63. The van der Waals surface area contributed by atoms with Crippen molar-refractivity contribution in [2.75, 3.05) is 5.73 Å². The highest BCUT2D eigenvalue weighted by Gasteiger charge is 2.16. The first-order valence-electron chi connectivity index (χ1n) is 5.06. The number of aromatic nitrogens is 1. The lowest BCUT2D eigenvalue weighted by molar-refractivity contribution is 0.0994.